The number of para-hydroxylation sites is 1. The molecule has 0 atom stereocenters. The van der Waals surface area contributed by atoms with Gasteiger partial charge in [-0.3, -0.25) is 0 Å². The summed E-state index contributed by atoms with van der Waals surface area (Å²) in [6, 6.07) is 17.6. The number of nitrogens with one attached hydrogen (secondary N) is 1. The summed E-state index contributed by atoms with van der Waals surface area (Å²) in [6.07, 6.45) is 0. The van der Waals surface area contributed by atoms with E-state index in [1.165, 1.54) is 0 Å². The van der Waals surface area contributed by atoms with Crippen molar-refractivity contribution in [1.29, 1.82) is 0 Å². The second kappa shape index (κ2) is 5.87. The van der Waals surface area contributed by atoms with Gasteiger partial charge < -0.3 is 10.1 Å². The predicted octanol–water partition coefficient (Wildman–Crippen LogP) is 3.86. The number of ether oxygens (including phenoxy) is 1. The Morgan fingerprint density at radius 3 is 2.28 bits per heavy atom. The van der Waals surface area contributed by atoms with Crippen molar-refractivity contribution in [3.05, 3.63) is 54.6 Å². The lowest BCUT2D eigenvalue weighted by Crippen LogP contribution is -2.06. The maximum atomic E-state index is 5.11. The van der Waals surface area contributed by atoms with E-state index >= 15 is 0 Å². The molecule has 18 heavy (non-hydrogen) atoms. The van der Waals surface area contributed by atoms with Crippen LogP contribution in [0.3, 0.4) is 0 Å². The Morgan fingerprint density at radius 2 is 1.67 bits per heavy atom. The van der Waals surface area contributed by atoms with Crippen molar-refractivity contribution in [2.24, 2.45) is 4.99 Å². The van der Waals surface area contributed by atoms with Crippen LogP contribution in [0.5, 0.6) is 5.75 Å². The fourth-order valence-corrected chi connectivity index (χ4v) is 1.61. The van der Waals surface area contributed by atoms with Crippen LogP contribution in [0, 0.1) is 0 Å². The third kappa shape index (κ3) is 3.35. The summed E-state index contributed by atoms with van der Waals surface area (Å²) in [5, 5.41) is 3.24. The summed E-state index contributed by atoms with van der Waals surface area (Å²) in [6.45, 7) is 1.94. The van der Waals surface area contributed by atoms with Crippen molar-refractivity contribution in [3.8, 4) is 5.75 Å². The first-order valence-electron chi connectivity index (χ1n) is 5.79. The molecule has 0 fully saturated rings. The van der Waals surface area contributed by atoms with Crippen LogP contribution in [0.4, 0.5) is 11.4 Å². The second-order valence-corrected chi connectivity index (χ2v) is 3.89. The monoisotopic (exact) mass is 240 g/mol. The summed E-state index contributed by atoms with van der Waals surface area (Å²) in [7, 11) is 1.65. The molecule has 0 aliphatic carbocycles. The number of hydrogen-bond donors (Lipinski definition) is 1. The molecule has 0 saturated heterocycles. The minimum absolute atomic E-state index is 0.836. The quantitative estimate of drug-likeness (QED) is 0.653. The summed E-state index contributed by atoms with van der Waals surface area (Å²) < 4.78 is 5.11. The Labute approximate surface area is 107 Å². The molecular weight excluding hydrogens is 224 g/mol. The molecule has 3 nitrogen and oxygen atoms in total. The molecule has 0 aromatic heterocycles. The summed E-state index contributed by atoms with van der Waals surface area (Å²) in [5.74, 6) is 1.69. The van der Waals surface area contributed by atoms with E-state index in [0.29, 0.717) is 0 Å². The first-order valence-corrected chi connectivity index (χ1v) is 5.79. The van der Waals surface area contributed by atoms with E-state index in [-0.39, 0.29) is 0 Å². The molecule has 0 spiro atoms. The van der Waals surface area contributed by atoms with Gasteiger partial charge in [-0.2, -0.15) is 0 Å². The zero-order valence-corrected chi connectivity index (χ0v) is 10.6. The van der Waals surface area contributed by atoms with Gasteiger partial charge in [0.1, 0.15) is 11.6 Å². The average molecular weight is 240 g/mol. The van der Waals surface area contributed by atoms with E-state index in [4.69, 9.17) is 4.74 Å². The van der Waals surface area contributed by atoms with Gasteiger partial charge in [0, 0.05) is 5.69 Å². The molecule has 0 unspecified atom stereocenters. The molecule has 2 rings (SSSR count). The van der Waals surface area contributed by atoms with E-state index in [9.17, 15) is 0 Å². The van der Waals surface area contributed by atoms with Gasteiger partial charge in [-0.05, 0) is 43.3 Å². The first-order chi connectivity index (χ1) is 8.78. The summed E-state index contributed by atoms with van der Waals surface area (Å²) in [4.78, 5) is 4.48. The standard InChI is InChI=1S/C15H16N2O/c1-12(16-13-6-4-3-5-7-13)17-14-8-10-15(18-2)11-9-14/h3-11H,1-2H3,(H,16,17). The fourth-order valence-electron chi connectivity index (χ4n) is 1.61. The van der Waals surface area contributed by atoms with E-state index in [1.54, 1.807) is 7.11 Å². The summed E-state index contributed by atoms with van der Waals surface area (Å²) in [5.41, 5.74) is 1.93. The smallest absolute Gasteiger partial charge is 0.119 e. The van der Waals surface area contributed by atoms with E-state index in [1.807, 2.05) is 61.5 Å². The average Bonchev–Trinajstić information content (AvgIpc) is 2.40. The highest BCUT2D eigenvalue weighted by Gasteiger charge is 1.95. The molecule has 2 aromatic carbocycles. The highest BCUT2D eigenvalue weighted by atomic mass is 16.5. The minimum atomic E-state index is 0.836. The Hall–Kier alpha value is -2.29. The van der Waals surface area contributed by atoms with Crippen LogP contribution in [0.15, 0.2) is 59.6 Å². The number of nitrogens with zero attached hydrogens (tertiary/aromatic N) is 1. The maximum Gasteiger partial charge on any atom is 0.119 e. The van der Waals surface area contributed by atoms with Crippen molar-refractivity contribution in [2.75, 3.05) is 12.4 Å². The number of amidine groups is 1. The Bertz CT molecular complexity index is 518. The number of anilines is 1. The molecule has 2 aromatic rings. The van der Waals surface area contributed by atoms with Gasteiger partial charge in [0.05, 0.1) is 12.8 Å². The topological polar surface area (TPSA) is 33.6 Å². The number of hydrogen-bond acceptors (Lipinski definition) is 2. The summed E-state index contributed by atoms with van der Waals surface area (Å²) >= 11 is 0. The lowest BCUT2D eigenvalue weighted by molar-refractivity contribution is 0.415. The molecule has 92 valence electrons. The lowest BCUT2D eigenvalue weighted by atomic mass is 10.3. The minimum Gasteiger partial charge on any atom is -0.497 e. The van der Waals surface area contributed by atoms with E-state index < -0.39 is 0 Å². The van der Waals surface area contributed by atoms with Crippen LogP contribution < -0.4 is 10.1 Å². The van der Waals surface area contributed by atoms with Gasteiger partial charge in [-0.25, -0.2) is 4.99 Å². The first kappa shape index (κ1) is 12.2. The van der Waals surface area contributed by atoms with Gasteiger partial charge in [0.15, 0.2) is 0 Å². The molecule has 0 saturated carbocycles. The molecule has 1 N–H and O–H groups in total. The van der Waals surface area contributed by atoms with Crippen molar-refractivity contribution < 1.29 is 4.74 Å². The third-order valence-electron chi connectivity index (χ3n) is 2.47. The fraction of sp³-hybridized carbons (Fsp3) is 0.133. The van der Waals surface area contributed by atoms with Gasteiger partial charge in [-0.15, -0.1) is 0 Å². The maximum absolute atomic E-state index is 5.11. The van der Waals surface area contributed by atoms with Crippen molar-refractivity contribution in [1.82, 2.24) is 0 Å². The van der Waals surface area contributed by atoms with Crippen LogP contribution in [-0.2, 0) is 0 Å². The predicted molar refractivity (Wildman–Crippen MR) is 75.8 cm³/mol. The van der Waals surface area contributed by atoms with E-state index in [2.05, 4.69) is 10.3 Å². The number of benzene rings is 2. The Kier molecular flexibility index (Phi) is 3.97. The van der Waals surface area contributed by atoms with Crippen molar-refractivity contribution in [3.63, 3.8) is 0 Å². The molecule has 0 aliphatic rings. The van der Waals surface area contributed by atoms with Gasteiger partial charge in [0.2, 0.25) is 0 Å². The van der Waals surface area contributed by atoms with Crippen LogP contribution in [0.2, 0.25) is 0 Å². The number of methoxy groups -OCH3 is 1. The largest absolute Gasteiger partial charge is 0.497 e. The highest BCUT2D eigenvalue weighted by molar-refractivity contribution is 5.95. The molecule has 0 heterocycles. The SMILES string of the molecule is COc1ccc(N=C(C)Nc2ccccc2)cc1. The van der Waals surface area contributed by atoms with Crippen LogP contribution in [0.1, 0.15) is 6.92 Å². The number of rotatable bonds is 3. The molecule has 3 heteroatoms. The van der Waals surface area contributed by atoms with Gasteiger partial charge in [0.25, 0.3) is 0 Å². The Morgan fingerprint density at radius 1 is 1.00 bits per heavy atom. The molecule has 0 radical (unpaired) electrons. The van der Waals surface area contributed by atoms with Crippen LogP contribution in [0.25, 0.3) is 0 Å². The van der Waals surface area contributed by atoms with Crippen molar-refractivity contribution >= 4 is 17.2 Å². The third-order valence-corrected chi connectivity index (χ3v) is 2.47. The van der Waals surface area contributed by atoms with Crippen LogP contribution in [-0.4, -0.2) is 12.9 Å². The highest BCUT2D eigenvalue weighted by Crippen LogP contribution is 2.18. The lowest BCUT2D eigenvalue weighted by Gasteiger charge is -2.05. The van der Waals surface area contributed by atoms with E-state index in [0.717, 1.165) is 23.0 Å². The van der Waals surface area contributed by atoms with Crippen molar-refractivity contribution in [2.45, 2.75) is 6.92 Å². The van der Waals surface area contributed by atoms with Gasteiger partial charge >= 0.3 is 0 Å². The van der Waals surface area contributed by atoms with Crippen LogP contribution >= 0.6 is 0 Å². The molecule has 0 aliphatic heterocycles. The molecule has 0 amide bonds. The zero-order chi connectivity index (χ0) is 12.8. The molecule has 0 bridgehead atoms. The Balaban J connectivity index is 2.07. The normalized spacial score (nSPS) is 11.1. The zero-order valence-electron chi connectivity index (χ0n) is 10.6. The molecular formula is C15H16N2O. The van der Waals surface area contributed by atoms with Gasteiger partial charge in [-0.1, -0.05) is 18.2 Å². The second-order valence-electron chi connectivity index (χ2n) is 3.89. The number of aliphatic imine (C=N–C) groups is 1.